The maximum Gasteiger partial charge on any atom is 0.258 e. The molecular weight excluding hydrogens is 320 g/mol. The Hall–Kier alpha value is -2.42. The van der Waals surface area contributed by atoms with Gasteiger partial charge in [0.1, 0.15) is 0 Å². The molecule has 3 nitrogen and oxygen atoms in total. The third-order valence-electron chi connectivity index (χ3n) is 5.84. The third kappa shape index (κ3) is 2.86. The lowest BCUT2D eigenvalue weighted by Gasteiger charge is -2.41. The molecule has 134 valence electrons. The van der Waals surface area contributed by atoms with E-state index in [1.807, 2.05) is 12.1 Å². The van der Waals surface area contributed by atoms with Crippen LogP contribution in [0.5, 0.6) is 0 Å². The molecule has 1 aromatic heterocycles. The van der Waals surface area contributed by atoms with Crippen LogP contribution >= 0.6 is 0 Å². The molecule has 0 N–H and O–H groups in total. The molecule has 1 heterocycles. The average Bonchev–Trinajstić information content (AvgIpc) is 3.09. The van der Waals surface area contributed by atoms with Crippen molar-refractivity contribution in [2.75, 3.05) is 0 Å². The summed E-state index contributed by atoms with van der Waals surface area (Å²) < 4.78 is 5.59. The van der Waals surface area contributed by atoms with Crippen molar-refractivity contribution in [1.29, 1.82) is 0 Å². The van der Waals surface area contributed by atoms with E-state index in [1.54, 1.807) is 0 Å². The van der Waals surface area contributed by atoms with Crippen LogP contribution in [0.2, 0.25) is 0 Å². The zero-order valence-corrected chi connectivity index (χ0v) is 16.3. The van der Waals surface area contributed by atoms with Crippen LogP contribution in [0.4, 0.5) is 0 Å². The largest absolute Gasteiger partial charge is 0.334 e. The van der Waals surface area contributed by atoms with Gasteiger partial charge in [-0.15, -0.1) is 0 Å². The molecule has 3 heteroatoms. The summed E-state index contributed by atoms with van der Waals surface area (Å²) in [6.45, 7) is 11.4. The van der Waals surface area contributed by atoms with Gasteiger partial charge < -0.3 is 4.52 Å². The normalized spacial score (nSPS) is 17.7. The van der Waals surface area contributed by atoms with Crippen LogP contribution < -0.4 is 0 Å². The lowest BCUT2D eigenvalue weighted by atomic mass is 9.63. The maximum atomic E-state index is 5.59. The maximum absolute atomic E-state index is 5.59. The first kappa shape index (κ1) is 17.0. The highest BCUT2D eigenvalue weighted by Gasteiger charge is 2.37. The van der Waals surface area contributed by atoms with Crippen molar-refractivity contribution in [2.45, 2.75) is 58.3 Å². The van der Waals surface area contributed by atoms with Crippen LogP contribution in [0.3, 0.4) is 0 Å². The Morgan fingerprint density at radius 3 is 2.12 bits per heavy atom. The van der Waals surface area contributed by atoms with Gasteiger partial charge in [-0.2, -0.15) is 4.98 Å². The number of fused-ring (bicyclic) bond motifs is 1. The molecule has 3 aromatic rings. The molecule has 0 bridgehead atoms. The van der Waals surface area contributed by atoms with Crippen molar-refractivity contribution in [3.05, 3.63) is 59.2 Å². The second-order valence-electron chi connectivity index (χ2n) is 8.82. The Labute approximate surface area is 155 Å². The second-order valence-corrected chi connectivity index (χ2v) is 8.82. The number of nitrogens with zero attached hydrogens (tertiary/aromatic N) is 2. The highest BCUT2D eigenvalue weighted by Crippen LogP contribution is 2.46. The summed E-state index contributed by atoms with van der Waals surface area (Å²) in [6.07, 6.45) is 2.40. The van der Waals surface area contributed by atoms with Gasteiger partial charge in [0.25, 0.3) is 5.89 Å². The highest BCUT2D eigenvalue weighted by molar-refractivity contribution is 5.62. The number of benzene rings is 2. The minimum Gasteiger partial charge on any atom is -0.334 e. The lowest BCUT2D eigenvalue weighted by molar-refractivity contribution is 0.332. The summed E-state index contributed by atoms with van der Waals surface area (Å²) in [5, 5.41) is 4.18. The fourth-order valence-corrected chi connectivity index (χ4v) is 3.88. The van der Waals surface area contributed by atoms with E-state index in [1.165, 1.54) is 29.5 Å². The number of hydrogen-bond donors (Lipinski definition) is 0. The molecule has 2 aromatic carbocycles. The molecule has 0 unspecified atom stereocenters. The fraction of sp³-hybridized carbons (Fsp3) is 0.391. The molecule has 1 aliphatic carbocycles. The number of hydrogen-bond acceptors (Lipinski definition) is 3. The summed E-state index contributed by atoms with van der Waals surface area (Å²) in [5.74, 6) is 1.22. The van der Waals surface area contributed by atoms with Crippen LogP contribution in [0, 0.1) is 6.92 Å². The summed E-state index contributed by atoms with van der Waals surface area (Å²) in [7, 11) is 0. The Morgan fingerprint density at radius 2 is 1.42 bits per heavy atom. The van der Waals surface area contributed by atoms with Gasteiger partial charge in [-0.1, -0.05) is 68.7 Å². The van der Waals surface area contributed by atoms with Crippen LogP contribution in [0.1, 0.15) is 57.2 Å². The van der Waals surface area contributed by atoms with E-state index in [0.29, 0.717) is 11.7 Å². The average molecular weight is 346 g/mol. The van der Waals surface area contributed by atoms with Gasteiger partial charge in [-0.25, -0.2) is 0 Å². The minimum absolute atomic E-state index is 0.167. The zero-order chi connectivity index (χ0) is 18.5. The summed E-state index contributed by atoms with van der Waals surface area (Å²) >= 11 is 0. The predicted octanol–water partition coefficient (Wildman–Crippen LogP) is 6.06. The first-order valence-electron chi connectivity index (χ1n) is 9.32. The fourth-order valence-electron chi connectivity index (χ4n) is 3.88. The second kappa shape index (κ2) is 5.80. The van der Waals surface area contributed by atoms with Crippen molar-refractivity contribution in [3.8, 4) is 22.8 Å². The van der Waals surface area contributed by atoms with E-state index < -0.39 is 0 Å². The van der Waals surface area contributed by atoms with Crippen molar-refractivity contribution in [1.82, 2.24) is 10.1 Å². The zero-order valence-electron chi connectivity index (χ0n) is 16.3. The molecule has 0 fully saturated rings. The summed E-state index contributed by atoms with van der Waals surface area (Å²) in [6, 6.07) is 14.8. The molecular formula is C23H26N2O. The predicted molar refractivity (Wildman–Crippen MR) is 105 cm³/mol. The van der Waals surface area contributed by atoms with Crippen molar-refractivity contribution in [2.24, 2.45) is 0 Å². The van der Waals surface area contributed by atoms with Gasteiger partial charge >= 0.3 is 0 Å². The number of aryl methyl sites for hydroxylation is 1. The lowest BCUT2D eigenvalue weighted by Crippen LogP contribution is -2.33. The van der Waals surface area contributed by atoms with Crippen LogP contribution in [0.25, 0.3) is 22.8 Å². The van der Waals surface area contributed by atoms with Crippen LogP contribution in [-0.2, 0) is 10.8 Å². The Kier molecular flexibility index (Phi) is 3.80. The van der Waals surface area contributed by atoms with Crippen LogP contribution in [-0.4, -0.2) is 10.1 Å². The van der Waals surface area contributed by atoms with Gasteiger partial charge in [-0.05, 0) is 53.9 Å². The van der Waals surface area contributed by atoms with E-state index >= 15 is 0 Å². The third-order valence-corrected chi connectivity index (χ3v) is 5.84. The van der Waals surface area contributed by atoms with Crippen molar-refractivity contribution >= 4 is 0 Å². The minimum atomic E-state index is 0.167. The quantitative estimate of drug-likeness (QED) is 0.566. The molecule has 0 spiro atoms. The van der Waals surface area contributed by atoms with E-state index in [0.717, 1.165) is 11.1 Å². The first-order chi connectivity index (χ1) is 12.3. The van der Waals surface area contributed by atoms with Gasteiger partial charge in [-0.3, -0.25) is 0 Å². The smallest absolute Gasteiger partial charge is 0.258 e. The molecule has 4 rings (SSSR count). The molecule has 26 heavy (non-hydrogen) atoms. The molecule has 0 saturated carbocycles. The molecule has 0 atom stereocenters. The molecule has 0 aliphatic heterocycles. The monoisotopic (exact) mass is 346 g/mol. The number of rotatable bonds is 2. The van der Waals surface area contributed by atoms with Gasteiger partial charge in [0.15, 0.2) is 0 Å². The molecule has 0 saturated heterocycles. The van der Waals surface area contributed by atoms with E-state index in [4.69, 9.17) is 4.52 Å². The van der Waals surface area contributed by atoms with Crippen molar-refractivity contribution in [3.63, 3.8) is 0 Å². The summed E-state index contributed by atoms with van der Waals surface area (Å²) in [4.78, 5) is 4.64. The standard InChI is InChI=1S/C23H26N2O/c1-15-6-8-16(9-7-15)20-24-21(26-25-20)17-10-11-18-19(14-17)23(4,5)13-12-22(18,2)3/h6-11,14H,12-13H2,1-5H3. The molecule has 0 radical (unpaired) electrons. The summed E-state index contributed by atoms with van der Waals surface area (Å²) in [5.41, 5.74) is 6.42. The van der Waals surface area contributed by atoms with E-state index in [2.05, 4.69) is 75.1 Å². The Balaban J connectivity index is 1.75. The molecule has 1 aliphatic rings. The van der Waals surface area contributed by atoms with E-state index in [-0.39, 0.29) is 10.8 Å². The van der Waals surface area contributed by atoms with Gasteiger partial charge in [0.2, 0.25) is 5.82 Å². The highest BCUT2D eigenvalue weighted by atomic mass is 16.5. The van der Waals surface area contributed by atoms with E-state index in [9.17, 15) is 0 Å². The van der Waals surface area contributed by atoms with Gasteiger partial charge in [0, 0.05) is 11.1 Å². The Bertz CT molecular complexity index is 949. The Morgan fingerprint density at radius 1 is 0.808 bits per heavy atom. The number of aromatic nitrogens is 2. The van der Waals surface area contributed by atoms with Crippen LogP contribution in [0.15, 0.2) is 47.0 Å². The van der Waals surface area contributed by atoms with Crippen molar-refractivity contribution < 1.29 is 4.52 Å². The first-order valence-corrected chi connectivity index (χ1v) is 9.32. The van der Waals surface area contributed by atoms with Gasteiger partial charge in [0.05, 0.1) is 0 Å². The molecule has 0 amide bonds. The SMILES string of the molecule is Cc1ccc(-c2noc(-c3ccc4c(c3)C(C)(C)CCC4(C)C)n2)cc1. The topological polar surface area (TPSA) is 38.9 Å².